The predicted molar refractivity (Wildman–Crippen MR) is 114 cm³/mol. The molecule has 0 spiro atoms. The van der Waals surface area contributed by atoms with Gasteiger partial charge in [-0.3, -0.25) is 0 Å². The molecule has 1 fully saturated rings. The number of fused-ring (bicyclic) bond motifs is 1. The van der Waals surface area contributed by atoms with Crippen molar-refractivity contribution in [2.75, 3.05) is 33.2 Å². The molecule has 0 bridgehead atoms. The van der Waals surface area contributed by atoms with Crippen LogP contribution in [0.15, 0.2) is 42.5 Å². The van der Waals surface area contributed by atoms with Crippen molar-refractivity contribution in [3.05, 3.63) is 59.2 Å². The van der Waals surface area contributed by atoms with E-state index in [2.05, 4.69) is 40.5 Å². The first-order valence-corrected chi connectivity index (χ1v) is 10.8. The van der Waals surface area contributed by atoms with Gasteiger partial charge in [-0.15, -0.1) is 0 Å². The molecule has 5 nitrogen and oxygen atoms in total. The van der Waals surface area contributed by atoms with Gasteiger partial charge >= 0.3 is 0 Å². The topological polar surface area (TPSA) is 65.0 Å². The summed E-state index contributed by atoms with van der Waals surface area (Å²) in [4.78, 5) is 2.55. The highest BCUT2D eigenvalue weighted by Gasteiger charge is 2.35. The number of rotatable bonds is 6. The Morgan fingerprint density at radius 1 is 1.07 bits per heavy atom. The fraction of sp³-hybridized carbons (Fsp3) is 0.500. The van der Waals surface area contributed by atoms with E-state index in [0.29, 0.717) is 18.9 Å². The van der Waals surface area contributed by atoms with E-state index in [1.807, 2.05) is 13.1 Å². The number of aromatic hydroxyl groups is 2. The molecule has 2 aromatic rings. The Morgan fingerprint density at radius 3 is 2.55 bits per heavy atom. The second-order valence-corrected chi connectivity index (χ2v) is 8.34. The molecule has 0 aliphatic carbocycles. The molecule has 0 amide bonds. The van der Waals surface area contributed by atoms with Gasteiger partial charge in [0.25, 0.3) is 0 Å². The minimum absolute atomic E-state index is 0.0252. The van der Waals surface area contributed by atoms with Gasteiger partial charge in [0, 0.05) is 25.1 Å². The van der Waals surface area contributed by atoms with E-state index in [0.717, 1.165) is 50.0 Å². The van der Waals surface area contributed by atoms with Crippen LogP contribution in [0.25, 0.3) is 0 Å². The average Bonchev–Trinajstić information content (AvgIpc) is 2.76. The van der Waals surface area contributed by atoms with E-state index in [-0.39, 0.29) is 23.7 Å². The fourth-order valence-electron chi connectivity index (χ4n) is 4.79. The summed E-state index contributed by atoms with van der Waals surface area (Å²) < 4.78 is 6.48. The van der Waals surface area contributed by atoms with Crippen LogP contribution in [-0.2, 0) is 17.6 Å². The van der Waals surface area contributed by atoms with Crippen molar-refractivity contribution in [3.8, 4) is 11.5 Å². The van der Waals surface area contributed by atoms with Crippen LogP contribution in [0.3, 0.4) is 0 Å². The number of piperidine rings is 1. The number of phenols is 2. The molecule has 1 saturated heterocycles. The SMILES string of the molecule is CNCC1OC(C2CCN(CCc3ccccc3)CC2)Cc2c1ccc(O)c2O. The van der Waals surface area contributed by atoms with Gasteiger partial charge in [0.2, 0.25) is 0 Å². The Labute approximate surface area is 173 Å². The van der Waals surface area contributed by atoms with Gasteiger partial charge in [0.15, 0.2) is 11.5 Å². The summed E-state index contributed by atoms with van der Waals surface area (Å²) in [5.41, 5.74) is 3.24. The molecule has 2 unspecified atom stereocenters. The quantitative estimate of drug-likeness (QED) is 0.654. The van der Waals surface area contributed by atoms with Gasteiger partial charge in [-0.1, -0.05) is 36.4 Å². The first-order valence-electron chi connectivity index (χ1n) is 10.8. The van der Waals surface area contributed by atoms with Crippen LogP contribution in [-0.4, -0.2) is 54.4 Å². The summed E-state index contributed by atoms with van der Waals surface area (Å²) in [6, 6.07) is 14.1. The zero-order chi connectivity index (χ0) is 20.2. The first kappa shape index (κ1) is 20.2. The molecule has 2 aliphatic rings. The third kappa shape index (κ3) is 4.58. The maximum absolute atomic E-state index is 10.4. The molecule has 29 heavy (non-hydrogen) atoms. The molecular formula is C24H32N2O3. The lowest BCUT2D eigenvalue weighted by atomic mass is 9.83. The molecule has 2 heterocycles. The average molecular weight is 397 g/mol. The van der Waals surface area contributed by atoms with E-state index < -0.39 is 0 Å². The van der Waals surface area contributed by atoms with Crippen molar-refractivity contribution in [1.29, 1.82) is 0 Å². The Morgan fingerprint density at radius 2 is 1.83 bits per heavy atom. The van der Waals surface area contributed by atoms with Gasteiger partial charge in [-0.05, 0) is 62.5 Å². The molecule has 0 saturated carbocycles. The molecule has 3 N–H and O–H groups in total. The molecule has 2 atom stereocenters. The van der Waals surface area contributed by atoms with Crippen LogP contribution in [0.4, 0.5) is 0 Å². The van der Waals surface area contributed by atoms with Crippen molar-refractivity contribution in [1.82, 2.24) is 10.2 Å². The first-order chi connectivity index (χ1) is 14.2. The van der Waals surface area contributed by atoms with Crippen LogP contribution < -0.4 is 5.32 Å². The third-order valence-electron chi connectivity index (χ3n) is 6.50. The van der Waals surface area contributed by atoms with Crippen LogP contribution in [0.1, 0.15) is 35.6 Å². The van der Waals surface area contributed by atoms with Crippen LogP contribution >= 0.6 is 0 Å². The van der Waals surface area contributed by atoms with Crippen LogP contribution in [0, 0.1) is 5.92 Å². The zero-order valence-electron chi connectivity index (χ0n) is 17.2. The van der Waals surface area contributed by atoms with E-state index in [1.54, 1.807) is 6.07 Å². The minimum atomic E-state index is -0.0867. The highest BCUT2D eigenvalue weighted by molar-refractivity contribution is 5.51. The van der Waals surface area contributed by atoms with E-state index in [9.17, 15) is 10.2 Å². The van der Waals surface area contributed by atoms with Gasteiger partial charge in [-0.2, -0.15) is 0 Å². The van der Waals surface area contributed by atoms with Crippen molar-refractivity contribution < 1.29 is 14.9 Å². The fourth-order valence-corrected chi connectivity index (χ4v) is 4.79. The Bertz CT molecular complexity index is 803. The molecule has 5 heteroatoms. The van der Waals surface area contributed by atoms with E-state index >= 15 is 0 Å². The van der Waals surface area contributed by atoms with E-state index in [1.165, 1.54) is 5.56 Å². The standard InChI is InChI=1S/C24H32N2O3/c1-25-16-23-19-7-8-21(27)24(28)20(19)15-22(29-23)18-10-13-26(14-11-18)12-9-17-5-3-2-4-6-17/h2-8,18,22-23,25,27-28H,9-16H2,1H3. The van der Waals surface area contributed by atoms with E-state index in [4.69, 9.17) is 4.74 Å². The van der Waals surface area contributed by atoms with Gasteiger partial charge in [0.1, 0.15) is 0 Å². The third-order valence-corrected chi connectivity index (χ3v) is 6.50. The summed E-state index contributed by atoms with van der Waals surface area (Å²) in [5, 5.41) is 23.6. The number of likely N-dealkylation sites (tertiary alicyclic amines) is 1. The monoisotopic (exact) mass is 396 g/mol. The van der Waals surface area contributed by atoms with Gasteiger partial charge in [0.05, 0.1) is 12.2 Å². The van der Waals surface area contributed by atoms with Crippen molar-refractivity contribution in [2.45, 2.75) is 37.9 Å². The van der Waals surface area contributed by atoms with Crippen molar-refractivity contribution >= 4 is 0 Å². The summed E-state index contributed by atoms with van der Waals surface area (Å²) in [7, 11) is 1.91. The summed E-state index contributed by atoms with van der Waals surface area (Å²) in [6.07, 6.45) is 3.99. The highest BCUT2D eigenvalue weighted by Crippen LogP contribution is 2.42. The summed E-state index contributed by atoms with van der Waals surface area (Å²) >= 11 is 0. The lowest BCUT2D eigenvalue weighted by molar-refractivity contribution is -0.0670. The molecule has 4 rings (SSSR count). The summed E-state index contributed by atoms with van der Waals surface area (Å²) in [5.74, 6) is 0.470. The van der Waals surface area contributed by atoms with Gasteiger partial charge in [-0.25, -0.2) is 0 Å². The molecular weight excluding hydrogens is 364 g/mol. The maximum atomic E-state index is 10.4. The number of nitrogens with one attached hydrogen (secondary N) is 1. The molecule has 0 radical (unpaired) electrons. The number of ether oxygens (including phenoxy) is 1. The van der Waals surface area contributed by atoms with Crippen molar-refractivity contribution in [2.24, 2.45) is 5.92 Å². The number of hydrogen-bond acceptors (Lipinski definition) is 5. The Balaban J connectivity index is 1.37. The molecule has 156 valence electrons. The second kappa shape index (κ2) is 9.16. The smallest absolute Gasteiger partial charge is 0.161 e. The zero-order valence-corrected chi connectivity index (χ0v) is 17.2. The number of nitrogens with zero attached hydrogens (tertiary/aromatic N) is 1. The predicted octanol–water partition coefficient (Wildman–Crippen LogP) is 3.25. The highest BCUT2D eigenvalue weighted by atomic mass is 16.5. The minimum Gasteiger partial charge on any atom is -0.504 e. The lowest BCUT2D eigenvalue weighted by Crippen LogP contribution is -2.42. The number of benzene rings is 2. The van der Waals surface area contributed by atoms with Crippen LogP contribution in [0.2, 0.25) is 0 Å². The Hall–Kier alpha value is -2.08. The second-order valence-electron chi connectivity index (χ2n) is 8.34. The van der Waals surface area contributed by atoms with Crippen LogP contribution in [0.5, 0.6) is 11.5 Å². The normalized spacial score (nSPS) is 23.1. The van der Waals surface area contributed by atoms with Crippen molar-refractivity contribution in [3.63, 3.8) is 0 Å². The molecule has 2 aromatic carbocycles. The maximum Gasteiger partial charge on any atom is 0.161 e. The Kier molecular flexibility index (Phi) is 6.38. The molecule has 2 aliphatic heterocycles. The lowest BCUT2D eigenvalue weighted by Gasteiger charge is -2.40. The van der Waals surface area contributed by atoms with Gasteiger partial charge < -0.3 is 25.2 Å². The number of phenolic OH excluding ortho intramolecular Hbond substituents is 2. The molecule has 0 aromatic heterocycles. The number of likely N-dealkylation sites (N-methyl/N-ethyl adjacent to an activating group) is 1. The largest absolute Gasteiger partial charge is 0.504 e. The summed E-state index contributed by atoms with van der Waals surface area (Å²) in [6.45, 7) is 3.98. The number of hydrogen-bond donors (Lipinski definition) is 3.